The number of rotatable bonds is 4. The molecule has 0 spiro atoms. The van der Waals surface area contributed by atoms with Crippen LogP contribution in [-0.4, -0.2) is 47.9 Å². The van der Waals surface area contributed by atoms with Crippen LogP contribution < -0.4 is 5.32 Å². The highest BCUT2D eigenvalue weighted by molar-refractivity contribution is 7.98. The van der Waals surface area contributed by atoms with E-state index in [1.54, 1.807) is 11.8 Å². The van der Waals surface area contributed by atoms with Crippen LogP contribution >= 0.6 is 11.8 Å². The van der Waals surface area contributed by atoms with Gasteiger partial charge in [-0.25, -0.2) is 0 Å². The lowest BCUT2D eigenvalue weighted by molar-refractivity contribution is -0.134. The predicted molar refractivity (Wildman–Crippen MR) is 61.8 cm³/mol. The Kier molecular flexibility index (Phi) is 4.94. The molecule has 4 nitrogen and oxygen atoms in total. The van der Waals surface area contributed by atoms with Crippen LogP contribution in [0.5, 0.6) is 0 Å². The van der Waals surface area contributed by atoms with Crippen LogP contribution in [0.25, 0.3) is 0 Å². The average Bonchev–Trinajstić information content (AvgIpc) is 2.68. The molecule has 15 heavy (non-hydrogen) atoms. The zero-order valence-corrected chi connectivity index (χ0v) is 10.1. The van der Waals surface area contributed by atoms with Crippen molar-refractivity contribution in [3.05, 3.63) is 0 Å². The van der Waals surface area contributed by atoms with Crippen molar-refractivity contribution in [3.8, 4) is 0 Å². The zero-order chi connectivity index (χ0) is 11.3. The molecule has 1 atom stereocenters. The molecule has 0 bridgehead atoms. The van der Waals surface area contributed by atoms with Gasteiger partial charge in [-0.3, -0.25) is 9.59 Å². The molecule has 0 saturated carbocycles. The van der Waals surface area contributed by atoms with Crippen molar-refractivity contribution >= 4 is 23.6 Å². The molecule has 0 radical (unpaired) electrons. The van der Waals surface area contributed by atoms with Gasteiger partial charge in [0.1, 0.15) is 6.04 Å². The summed E-state index contributed by atoms with van der Waals surface area (Å²) in [5.41, 5.74) is 0. The molecule has 1 aliphatic rings. The van der Waals surface area contributed by atoms with E-state index in [9.17, 15) is 9.59 Å². The first-order valence-corrected chi connectivity index (χ1v) is 6.59. The number of hydrogen-bond donors (Lipinski definition) is 1. The van der Waals surface area contributed by atoms with Crippen LogP contribution in [0.4, 0.5) is 0 Å². The van der Waals surface area contributed by atoms with Crippen LogP contribution in [0.3, 0.4) is 0 Å². The fraction of sp³-hybridized carbons (Fsp3) is 0.800. The summed E-state index contributed by atoms with van der Waals surface area (Å²) in [4.78, 5) is 24.8. The highest BCUT2D eigenvalue weighted by Gasteiger charge is 2.26. The minimum absolute atomic E-state index is 0.0667. The second-order valence-corrected chi connectivity index (χ2v) is 4.65. The first-order valence-electron chi connectivity index (χ1n) is 5.20. The third-order valence-electron chi connectivity index (χ3n) is 2.43. The summed E-state index contributed by atoms with van der Waals surface area (Å²) in [5.74, 6) is 0.577. The molecule has 0 aromatic heterocycles. The quantitative estimate of drug-likeness (QED) is 0.764. The first-order chi connectivity index (χ1) is 7.15. The molecule has 1 unspecified atom stereocenters. The van der Waals surface area contributed by atoms with Gasteiger partial charge in [-0.1, -0.05) is 0 Å². The van der Waals surface area contributed by atoms with E-state index in [1.807, 2.05) is 11.2 Å². The fourth-order valence-electron chi connectivity index (χ4n) is 1.74. The number of likely N-dealkylation sites (tertiary alicyclic amines) is 1. The highest BCUT2D eigenvalue weighted by atomic mass is 32.2. The van der Waals surface area contributed by atoms with Crippen molar-refractivity contribution in [2.75, 3.05) is 25.1 Å². The zero-order valence-electron chi connectivity index (χ0n) is 9.28. The Bertz CT molecular complexity index is 240. The summed E-state index contributed by atoms with van der Waals surface area (Å²) in [6.45, 7) is 3.12. The van der Waals surface area contributed by atoms with Gasteiger partial charge in [-0.15, -0.1) is 0 Å². The largest absolute Gasteiger partial charge is 0.344 e. The Morgan fingerprint density at radius 1 is 1.40 bits per heavy atom. The summed E-state index contributed by atoms with van der Waals surface area (Å²) in [6.07, 6.45) is 4.10. The van der Waals surface area contributed by atoms with Crippen molar-refractivity contribution in [1.29, 1.82) is 0 Å². The Hall–Kier alpha value is -0.710. The topological polar surface area (TPSA) is 49.4 Å². The molecule has 2 amide bonds. The van der Waals surface area contributed by atoms with Crippen molar-refractivity contribution in [2.45, 2.75) is 25.8 Å². The molecular weight excluding hydrogens is 212 g/mol. The van der Waals surface area contributed by atoms with E-state index in [-0.39, 0.29) is 17.9 Å². The first kappa shape index (κ1) is 12.4. The maximum absolute atomic E-state index is 12.0. The van der Waals surface area contributed by atoms with Crippen LogP contribution in [0.1, 0.15) is 19.8 Å². The smallest absolute Gasteiger partial charge is 0.246 e. The molecule has 1 heterocycles. The molecule has 86 valence electrons. The van der Waals surface area contributed by atoms with Crippen LogP contribution in [0.15, 0.2) is 0 Å². The van der Waals surface area contributed by atoms with Gasteiger partial charge in [0, 0.05) is 25.8 Å². The molecule has 5 heteroatoms. The Balaban J connectivity index is 2.52. The molecule has 0 aliphatic carbocycles. The Labute approximate surface area is 94.8 Å². The van der Waals surface area contributed by atoms with E-state index >= 15 is 0 Å². The lowest BCUT2D eigenvalue weighted by Crippen LogP contribution is -2.48. The minimum atomic E-state index is -0.351. The fourth-order valence-corrected chi connectivity index (χ4v) is 2.30. The molecule has 0 aromatic carbocycles. The van der Waals surface area contributed by atoms with E-state index in [1.165, 1.54) is 6.92 Å². The SMILES string of the molecule is CSCC(NC(C)=O)C(=O)N1CCCC1. The van der Waals surface area contributed by atoms with Gasteiger partial charge in [-0.05, 0) is 19.1 Å². The van der Waals surface area contributed by atoms with E-state index in [2.05, 4.69) is 5.32 Å². The van der Waals surface area contributed by atoms with Crippen molar-refractivity contribution in [3.63, 3.8) is 0 Å². The van der Waals surface area contributed by atoms with Gasteiger partial charge in [0.2, 0.25) is 11.8 Å². The number of carbonyl (C=O) groups is 2. The van der Waals surface area contributed by atoms with Crippen LogP contribution in [0, 0.1) is 0 Å². The van der Waals surface area contributed by atoms with E-state index in [0.29, 0.717) is 5.75 Å². The summed E-state index contributed by atoms with van der Waals surface area (Å²) >= 11 is 1.58. The summed E-state index contributed by atoms with van der Waals surface area (Å²) in [5, 5.41) is 2.71. The third kappa shape index (κ3) is 3.74. The summed E-state index contributed by atoms with van der Waals surface area (Å²) < 4.78 is 0. The molecule has 1 fully saturated rings. The maximum Gasteiger partial charge on any atom is 0.246 e. The third-order valence-corrected chi connectivity index (χ3v) is 3.09. The van der Waals surface area contributed by atoms with Gasteiger partial charge in [0.15, 0.2) is 0 Å². The van der Waals surface area contributed by atoms with Gasteiger partial charge in [0.05, 0.1) is 0 Å². The standard InChI is InChI=1S/C10H18N2O2S/c1-8(13)11-9(7-15-2)10(14)12-5-3-4-6-12/h9H,3-7H2,1-2H3,(H,11,13). The number of thioether (sulfide) groups is 1. The Morgan fingerprint density at radius 2 is 2.00 bits per heavy atom. The number of carbonyl (C=O) groups excluding carboxylic acids is 2. The maximum atomic E-state index is 12.0. The van der Waals surface area contributed by atoms with Gasteiger partial charge < -0.3 is 10.2 Å². The number of amides is 2. The number of nitrogens with zero attached hydrogens (tertiary/aromatic N) is 1. The molecule has 1 saturated heterocycles. The highest BCUT2D eigenvalue weighted by Crippen LogP contribution is 2.10. The number of hydrogen-bond acceptors (Lipinski definition) is 3. The lowest BCUT2D eigenvalue weighted by Gasteiger charge is -2.22. The molecule has 1 rings (SSSR count). The lowest BCUT2D eigenvalue weighted by atomic mass is 10.3. The van der Waals surface area contributed by atoms with Crippen LogP contribution in [0.2, 0.25) is 0 Å². The minimum Gasteiger partial charge on any atom is -0.344 e. The second-order valence-electron chi connectivity index (χ2n) is 3.74. The van der Waals surface area contributed by atoms with E-state index in [0.717, 1.165) is 25.9 Å². The normalized spacial score (nSPS) is 17.6. The molecule has 1 aliphatic heterocycles. The van der Waals surface area contributed by atoms with Gasteiger partial charge >= 0.3 is 0 Å². The van der Waals surface area contributed by atoms with E-state index in [4.69, 9.17) is 0 Å². The molecule has 1 N–H and O–H groups in total. The van der Waals surface area contributed by atoms with Gasteiger partial charge in [0.25, 0.3) is 0 Å². The number of nitrogens with one attached hydrogen (secondary N) is 1. The average molecular weight is 230 g/mol. The molecular formula is C10H18N2O2S. The van der Waals surface area contributed by atoms with Crippen molar-refractivity contribution in [1.82, 2.24) is 10.2 Å². The second kappa shape index (κ2) is 6.00. The monoisotopic (exact) mass is 230 g/mol. The molecule has 0 aromatic rings. The van der Waals surface area contributed by atoms with Crippen molar-refractivity contribution < 1.29 is 9.59 Å². The van der Waals surface area contributed by atoms with E-state index < -0.39 is 0 Å². The van der Waals surface area contributed by atoms with Crippen LogP contribution in [-0.2, 0) is 9.59 Å². The summed E-state index contributed by atoms with van der Waals surface area (Å²) in [6, 6.07) is -0.351. The predicted octanol–water partition coefficient (Wildman–Crippen LogP) is 0.476. The van der Waals surface area contributed by atoms with Crippen molar-refractivity contribution in [2.24, 2.45) is 0 Å². The summed E-state index contributed by atoms with van der Waals surface area (Å²) in [7, 11) is 0. The van der Waals surface area contributed by atoms with Gasteiger partial charge in [-0.2, -0.15) is 11.8 Å². The Morgan fingerprint density at radius 3 is 2.47 bits per heavy atom.